The molecule has 0 rings (SSSR count). The van der Waals surface area contributed by atoms with Gasteiger partial charge >= 0.3 is 23.9 Å². The lowest BCUT2D eigenvalue weighted by Crippen LogP contribution is -2.56. The van der Waals surface area contributed by atoms with Crippen LogP contribution in [0.25, 0.3) is 0 Å². The lowest BCUT2D eigenvalue weighted by Gasteiger charge is -2.28. The van der Waals surface area contributed by atoms with Crippen molar-refractivity contribution in [2.24, 2.45) is 0 Å². The van der Waals surface area contributed by atoms with E-state index in [1.54, 1.807) is 0 Å². The van der Waals surface area contributed by atoms with Crippen molar-refractivity contribution in [2.75, 3.05) is 24.9 Å². The van der Waals surface area contributed by atoms with Crippen LogP contribution in [0.5, 0.6) is 0 Å². The van der Waals surface area contributed by atoms with E-state index in [-0.39, 0.29) is 24.9 Å². The Hall–Kier alpha value is -1.90. The second-order valence-corrected chi connectivity index (χ2v) is 8.78. The molecule has 0 aliphatic carbocycles. The number of ether oxygens (including phenoxy) is 4. The van der Waals surface area contributed by atoms with Crippen LogP contribution in [0, 0.1) is 0 Å². The van der Waals surface area contributed by atoms with Crippen LogP contribution >= 0.6 is 0 Å². The molecule has 0 saturated heterocycles. The minimum atomic E-state index is -2.82. The minimum absolute atomic E-state index is 0.0871. The van der Waals surface area contributed by atoms with Crippen LogP contribution in [-0.4, -0.2) is 56.9 Å². The Balaban J connectivity index is 5.02. The van der Waals surface area contributed by atoms with Crippen molar-refractivity contribution in [3.63, 3.8) is 0 Å². The summed E-state index contributed by atoms with van der Waals surface area (Å²) in [6.07, 6.45) is -0.349. The van der Waals surface area contributed by atoms with Crippen LogP contribution in [0.1, 0.15) is 27.7 Å². The molecule has 0 amide bonds. The molecule has 0 aliphatic heterocycles. The molecule has 8 nitrogen and oxygen atoms in total. The molecule has 0 aromatic heterocycles. The van der Waals surface area contributed by atoms with E-state index in [0.29, 0.717) is 0 Å². The number of esters is 4. The molecule has 0 atom stereocenters. The molecular weight excluding hydrogens is 300 g/mol. The molecule has 0 aromatic carbocycles. The Morgan fingerprint density at radius 1 is 0.571 bits per heavy atom. The second kappa shape index (κ2) is 9.11. The predicted octanol–water partition coefficient (Wildman–Crippen LogP) is -0.156. The molecule has 0 radical (unpaired) electrons. The van der Waals surface area contributed by atoms with Crippen LogP contribution in [0.2, 0.25) is 0 Å². The maximum atomic E-state index is 11.0. The molecule has 0 aliphatic rings. The smallest absolute Gasteiger partial charge is 0.302 e. The lowest BCUT2D eigenvalue weighted by molar-refractivity contribution is -0.140. The topological polar surface area (TPSA) is 105 Å². The highest BCUT2D eigenvalue weighted by molar-refractivity contribution is 6.80. The predicted molar refractivity (Wildman–Crippen MR) is 72.3 cm³/mol. The number of rotatable bonds is 8. The van der Waals surface area contributed by atoms with E-state index in [9.17, 15) is 19.2 Å². The van der Waals surface area contributed by atoms with Gasteiger partial charge < -0.3 is 18.9 Å². The normalized spacial score (nSPS) is 10.5. The number of carbonyl (C=O) groups excluding carboxylic acids is 4. The van der Waals surface area contributed by atoms with E-state index in [1.807, 2.05) is 0 Å². The average molecular weight is 320 g/mol. The SMILES string of the molecule is CC(=O)OC[Si](COC(C)=O)(COC(C)=O)COC(C)=O. The van der Waals surface area contributed by atoms with Gasteiger partial charge in [-0.3, -0.25) is 19.2 Å². The first-order valence-electron chi connectivity index (χ1n) is 6.20. The van der Waals surface area contributed by atoms with Gasteiger partial charge in [-0.2, -0.15) is 0 Å². The van der Waals surface area contributed by atoms with E-state index in [4.69, 9.17) is 18.9 Å². The van der Waals surface area contributed by atoms with Gasteiger partial charge in [0.05, 0.1) is 24.9 Å². The molecule has 0 saturated carbocycles. The molecule has 0 unspecified atom stereocenters. The largest absolute Gasteiger partial charge is 0.469 e. The molecular formula is C12H20O8Si. The van der Waals surface area contributed by atoms with E-state index in [1.165, 1.54) is 27.7 Å². The zero-order chi connectivity index (χ0) is 16.5. The van der Waals surface area contributed by atoms with E-state index < -0.39 is 32.0 Å². The molecule has 120 valence electrons. The summed E-state index contributed by atoms with van der Waals surface area (Å²) in [5.41, 5.74) is 0. The standard InChI is InChI=1S/C12H20O8Si/c1-9(13)17-5-21(6-18-10(2)14,7-19-11(3)15)8-20-12(4)16/h5-8H2,1-4H3. The summed E-state index contributed by atoms with van der Waals surface area (Å²) in [4.78, 5) is 43.9. The third-order valence-electron chi connectivity index (χ3n) is 2.33. The zero-order valence-electron chi connectivity index (χ0n) is 12.6. The quantitative estimate of drug-likeness (QED) is 0.345. The minimum Gasteiger partial charge on any atom is -0.469 e. The molecule has 0 heterocycles. The fourth-order valence-electron chi connectivity index (χ4n) is 1.27. The molecule has 0 N–H and O–H groups in total. The van der Waals surface area contributed by atoms with Gasteiger partial charge in [0.25, 0.3) is 0 Å². The molecule has 0 fully saturated rings. The van der Waals surface area contributed by atoms with E-state index in [2.05, 4.69) is 0 Å². The number of carbonyl (C=O) groups is 4. The van der Waals surface area contributed by atoms with Crippen molar-refractivity contribution in [2.45, 2.75) is 27.7 Å². The first kappa shape index (κ1) is 19.1. The van der Waals surface area contributed by atoms with E-state index >= 15 is 0 Å². The van der Waals surface area contributed by atoms with E-state index in [0.717, 1.165) is 0 Å². The molecule has 0 aromatic rings. The van der Waals surface area contributed by atoms with Crippen LogP contribution in [-0.2, 0) is 38.1 Å². The van der Waals surface area contributed by atoms with Crippen LogP contribution in [0.4, 0.5) is 0 Å². The Kier molecular flexibility index (Phi) is 8.28. The Bertz CT molecular complexity index is 329. The van der Waals surface area contributed by atoms with Crippen molar-refractivity contribution in [3.8, 4) is 0 Å². The maximum Gasteiger partial charge on any atom is 0.302 e. The van der Waals surface area contributed by atoms with Gasteiger partial charge in [0, 0.05) is 27.7 Å². The molecule has 0 spiro atoms. The molecule has 21 heavy (non-hydrogen) atoms. The summed E-state index contributed by atoms with van der Waals surface area (Å²) < 4.78 is 19.8. The third kappa shape index (κ3) is 9.60. The average Bonchev–Trinajstić information content (AvgIpc) is 2.36. The van der Waals surface area contributed by atoms with Crippen molar-refractivity contribution >= 4 is 32.0 Å². The number of hydrogen-bond donors (Lipinski definition) is 0. The van der Waals surface area contributed by atoms with Crippen LogP contribution in [0.15, 0.2) is 0 Å². The van der Waals surface area contributed by atoms with Gasteiger partial charge in [-0.1, -0.05) is 0 Å². The maximum absolute atomic E-state index is 11.0. The molecule has 9 heteroatoms. The summed E-state index contributed by atoms with van der Waals surface area (Å²) in [6.45, 7) is 4.90. The van der Waals surface area contributed by atoms with Gasteiger partial charge in [-0.25, -0.2) is 0 Å². The summed E-state index contributed by atoms with van der Waals surface area (Å²) in [5.74, 6) is -2.11. The van der Waals surface area contributed by atoms with Crippen molar-refractivity contribution in [1.82, 2.24) is 0 Å². The van der Waals surface area contributed by atoms with Crippen molar-refractivity contribution in [1.29, 1.82) is 0 Å². The van der Waals surface area contributed by atoms with Gasteiger partial charge in [0.2, 0.25) is 8.07 Å². The Morgan fingerprint density at radius 2 is 0.762 bits per heavy atom. The second-order valence-electron chi connectivity index (χ2n) is 4.62. The Labute approximate surface area is 123 Å². The summed E-state index contributed by atoms with van der Waals surface area (Å²) >= 11 is 0. The highest BCUT2D eigenvalue weighted by atomic mass is 28.3. The first-order valence-corrected chi connectivity index (χ1v) is 9.03. The first-order chi connectivity index (χ1) is 9.67. The van der Waals surface area contributed by atoms with Gasteiger partial charge in [0.1, 0.15) is 0 Å². The molecule has 0 bridgehead atoms. The zero-order valence-corrected chi connectivity index (χ0v) is 13.6. The highest BCUT2D eigenvalue weighted by Crippen LogP contribution is 2.09. The summed E-state index contributed by atoms with van der Waals surface area (Å²) in [7, 11) is -2.82. The Morgan fingerprint density at radius 3 is 0.905 bits per heavy atom. The summed E-state index contributed by atoms with van der Waals surface area (Å²) in [5, 5.41) is 0. The van der Waals surface area contributed by atoms with Gasteiger partial charge in [-0.15, -0.1) is 0 Å². The van der Waals surface area contributed by atoms with Gasteiger partial charge in [-0.05, 0) is 0 Å². The number of hydrogen-bond acceptors (Lipinski definition) is 8. The van der Waals surface area contributed by atoms with Crippen molar-refractivity contribution < 1.29 is 38.1 Å². The van der Waals surface area contributed by atoms with Crippen LogP contribution in [0.3, 0.4) is 0 Å². The summed E-state index contributed by atoms with van der Waals surface area (Å²) in [6, 6.07) is 0. The van der Waals surface area contributed by atoms with Crippen LogP contribution < -0.4 is 0 Å². The fourth-order valence-corrected chi connectivity index (χ4v) is 3.81. The van der Waals surface area contributed by atoms with Gasteiger partial charge in [0.15, 0.2) is 0 Å². The third-order valence-corrected chi connectivity index (χ3v) is 5.35. The fraction of sp³-hybridized carbons (Fsp3) is 0.667. The monoisotopic (exact) mass is 320 g/mol. The highest BCUT2D eigenvalue weighted by Gasteiger charge is 2.40. The lowest BCUT2D eigenvalue weighted by atomic mass is 10.8. The van der Waals surface area contributed by atoms with Crippen molar-refractivity contribution in [3.05, 3.63) is 0 Å².